The summed E-state index contributed by atoms with van der Waals surface area (Å²) < 4.78 is 25.3. The van der Waals surface area contributed by atoms with E-state index in [0.717, 1.165) is 35.0 Å². The number of aliphatic hydroxyl groups is 1. The number of aliphatic hydroxyl groups excluding tert-OH is 1. The van der Waals surface area contributed by atoms with Crippen LogP contribution in [-0.2, 0) is 9.47 Å². The second-order valence-electron chi connectivity index (χ2n) is 5.70. The predicted molar refractivity (Wildman–Crippen MR) is 80.9 cm³/mol. The monoisotopic (exact) mass is 392 g/mol. The number of benzene rings is 1. The normalized spacial score (nSPS) is 31.6. The van der Waals surface area contributed by atoms with Gasteiger partial charge in [-0.2, -0.15) is 0 Å². The number of hydrogen-bond acceptors (Lipinski definition) is 3. The van der Waals surface area contributed by atoms with Gasteiger partial charge >= 0.3 is 0 Å². The molecular formula is C15H18FIO3. The average Bonchev–Trinajstić information content (AvgIpc) is 2.86. The van der Waals surface area contributed by atoms with Crippen LogP contribution in [-0.4, -0.2) is 30.5 Å². The highest BCUT2D eigenvalue weighted by molar-refractivity contribution is 14.1. The molecule has 0 saturated carbocycles. The summed E-state index contributed by atoms with van der Waals surface area (Å²) in [6, 6.07) is 4.57. The minimum atomic E-state index is -0.566. The number of ether oxygens (including phenoxy) is 2. The standard InChI is InChI=1S/C15H18FIO3/c16-11-1-2-12(13(17)7-11)14(18)10-3-5-20-15(8-10)4-6-19-9-15/h1-2,7,10,14,18H,3-6,8-9H2. The van der Waals surface area contributed by atoms with Crippen molar-refractivity contribution in [3.05, 3.63) is 33.1 Å². The van der Waals surface area contributed by atoms with Crippen molar-refractivity contribution in [3.8, 4) is 0 Å². The minimum Gasteiger partial charge on any atom is -0.388 e. The van der Waals surface area contributed by atoms with E-state index in [9.17, 15) is 9.50 Å². The van der Waals surface area contributed by atoms with Gasteiger partial charge in [0, 0.05) is 23.2 Å². The fourth-order valence-corrected chi connectivity index (χ4v) is 3.99. The van der Waals surface area contributed by atoms with Crippen molar-refractivity contribution in [2.75, 3.05) is 19.8 Å². The third-order valence-corrected chi connectivity index (χ3v) is 5.26. The van der Waals surface area contributed by atoms with Gasteiger partial charge in [0.15, 0.2) is 0 Å². The van der Waals surface area contributed by atoms with Gasteiger partial charge in [0.2, 0.25) is 0 Å². The molecular weight excluding hydrogens is 374 g/mol. The van der Waals surface area contributed by atoms with E-state index in [1.165, 1.54) is 12.1 Å². The quantitative estimate of drug-likeness (QED) is 0.787. The molecule has 2 fully saturated rings. The van der Waals surface area contributed by atoms with Gasteiger partial charge in [-0.1, -0.05) is 6.07 Å². The van der Waals surface area contributed by atoms with Crippen molar-refractivity contribution in [2.45, 2.75) is 31.0 Å². The fourth-order valence-electron chi connectivity index (χ4n) is 3.19. The van der Waals surface area contributed by atoms with E-state index in [0.29, 0.717) is 13.2 Å². The van der Waals surface area contributed by atoms with E-state index in [1.807, 2.05) is 0 Å². The molecule has 2 aliphatic heterocycles. The largest absolute Gasteiger partial charge is 0.388 e. The maximum atomic E-state index is 13.2. The predicted octanol–water partition coefficient (Wildman–Crippen LogP) is 3.05. The van der Waals surface area contributed by atoms with Crippen molar-refractivity contribution >= 4 is 22.6 Å². The molecule has 0 radical (unpaired) electrons. The lowest BCUT2D eigenvalue weighted by Crippen LogP contribution is -2.42. The Morgan fingerprint density at radius 1 is 1.40 bits per heavy atom. The summed E-state index contributed by atoms with van der Waals surface area (Å²) in [4.78, 5) is 0. The Hall–Kier alpha value is -0.240. The lowest BCUT2D eigenvalue weighted by atomic mass is 9.80. The molecule has 20 heavy (non-hydrogen) atoms. The molecule has 3 atom stereocenters. The third-order valence-electron chi connectivity index (χ3n) is 4.33. The molecule has 2 heterocycles. The first-order valence-corrected chi connectivity index (χ1v) is 8.02. The molecule has 110 valence electrons. The molecule has 3 rings (SSSR count). The zero-order valence-electron chi connectivity index (χ0n) is 11.1. The van der Waals surface area contributed by atoms with Crippen LogP contribution < -0.4 is 0 Å². The second kappa shape index (κ2) is 5.87. The molecule has 2 aliphatic rings. The van der Waals surface area contributed by atoms with Gasteiger partial charge in [-0.25, -0.2) is 4.39 Å². The molecule has 1 aromatic carbocycles. The molecule has 1 spiro atoms. The van der Waals surface area contributed by atoms with E-state index in [2.05, 4.69) is 22.6 Å². The summed E-state index contributed by atoms with van der Waals surface area (Å²) >= 11 is 2.08. The highest BCUT2D eigenvalue weighted by Gasteiger charge is 2.43. The van der Waals surface area contributed by atoms with Crippen LogP contribution >= 0.6 is 22.6 Å². The van der Waals surface area contributed by atoms with Crippen LogP contribution in [0.3, 0.4) is 0 Å². The fraction of sp³-hybridized carbons (Fsp3) is 0.600. The summed E-state index contributed by atoms with van der Waals surface area (Å²) in [5.74, 6) is -0.123. The molecule has 3 nitrogen and oxygen atoms in total. The van der Waals surface area contributed by atoms with Crippen molar-refractivity contribution in [2.24, 2.45) is 5.92 Å². The van der Waals surface area contributed by atoms with Crippen LogP contribution in [0, 0.1) is 15.3 Å². The Morgan fingerprint density at radius 2 is 2.25 bits per heavy atom. The lowest BCUT2D eigenvalue weighted by molar-refractivity contribution is -0.117. The zero-order valence-corrected chi connectivity index (χ0v) is 13.3. The van der Waals surface area contributed by atoms with Crippen LogP contribution in [0.4, 0.5) is 4.39 Å². The Morgan fingerprint density at radius 3 is 2.95 bits per heavy atom. The van der Waals surface area contributed by atoms with Gasteiger partial charge in [-0.3, -0.25) is 0 Å². The van der Waals surface area contributed by atoms with E-state index in [4.69, 9.17) is 9.47 Å². The van der Waals surface area contributed by atoms with E-state index < -0.39 is 6.10 Å². The smallest absolute Gasteiger partial charge is 0.124 e. The van der Waals surface area contributed by atoms with Crippen LogP contribution in [0.2, 0.25) is 0 Å². The first-order chi connectivity index (χ1) is 9.60. The molecule has 0 bridgehead atoms. The van der Waals surface area contributed by atoms with Crippen molar-refractivity contribution in [1.82, 2.24) is 0 Å². The summed E-state index contributed by atoms with van der Waals surface area (Å²) in [5.41, 5.74) is 0.600. The minimum absolute atomic E-state index is 0.143. The first kappa shape index (κ1) is 14.7. The zero-order chi connectivity index (χ0) is 14.2. The highest BCUT2D eigenvalue weighted by atomic mass is 127. The van der Waals surface area contributed by atoms with Gasteiger partial charge in [-0.15, -0.1) is 0 Å². The Bertz CT molecular complexity index is 488. The van der Waals surface area contributed by atoms with E-state index >= 15 is 0 Å². The van der Waals surface area contributed by atoms with Gasteiger partial charge in [0.25, 0.3) is 0 Å². The molecule has 0 amide bonds. The van der Waals surface area contributed by atoms with Crippen LogP contribution in [0.15, 0.2) is 18.2 Å². The van der Waals surface area contributed by atoms with Gasteiger partial charge in [-0.05, 0) is 59.0 Å². The van der Waals surface area contributed by atoms with E-state index in [-0.39, 0.29) is 17.3 Å². The topological polar surface area (TPSA) is 38.7 Å². The maximum Gasteiger partial charge on any atom is 0.124 e. The molecule has 5 heteroatoms. The summed E-state index contributed by atoms with van der Waals surface area (Å²) in [6.07, 6.45) is 1.97. The maximum absolute atomic E-state index is 13.2. The summed E-state index contributed by atoms with van der Waals surface area (Å²) in [6.45, 7) is 2.01. The molecule has 0 aliphatic carbocycles. The molecule has 3 unspecified atom stereocenters. The Balaban J connectivity index is 1.77. The first-order valence-electron chi connectivity index (χ1n) is 6.94. The highest BCUT2D eigenvalue weighted by Crippen LogP contribution is 2.41. The summed E-state index contributed by atoms with van der Waals surface area (Å²) in [5, 5.41) is 10.6. The number of rotatable bonds is 2. The SMILES string of the molecule is OC(c1ccc(F)cc1I)C1CCOC2(CCOC2)C1. The third kappa shape index (κ3) is 2.86. The van der Waals surface area contributed by atoms with Gasteiger partial charge < -0.3 is 14.6 Å². The van der Waals surface area contributed by atoms with Crippen molar-refractivity contribution < 1.29 is 19.0 Å². The Labute approximate surface area is 131 Å². The molecule has 1 N–H and O–H groups in total. The van der Waals surface area contributed by atoms with Crippen molar-refractivity contribution in [1.29, 1.82) is 0 Å². The van der Waals surface area contributed by atoms with Gasteiger partial charge in [0.05, 0.1) is 18.3 Å². The van der Waals surface area contributed by atoms with Crippen LogP contribution in [0.25, 0.3) is 0 Å². The van der Waals surface area contributed by atoms with E-state index in [1.54, 1.807) is 6.07 Å². The summed E-state index contributed by atoms with van der Waals surface area (Å²) in [7, 11) is 0. The Kier molecular flexibility index (Phi) is 4.31. The van der Waals surface area contributed by atoms with Gasteiger partial charge in [0.1, 0.15) is 5.82 Å². The average molecular weight is 392 g/mol. The molecule has 1 aromatic rings. The number of halogens is 2. The lowest BCUT2D eigenvalue weighted by Gasteiger charge is -2.39. The molecule has 0 aromatic heterocycles. The van der Waals surface area contributed by atoms with Crippen LogP contribution in [0.1, 0.15) is 30.9 Å². The number of hydrogen-bond donors (Lipinski definition) is 1. The second-order valence-corrected chi connectivity index (χ2v) is 6.86. The van der Waals surface area contributed by atoms with Crippen LogP contribution in [0.5, 0.6) is 0 Å². The molecule has 2 saturated heterocycles. The van der Waals surface area contributed by atoms with Crippen molar-refractivity contribution in [3.63, 3.8) is 0 Å².